The first-order valence-electron chi connectivity index (χ1n) is 9.54. The zero-order chi connectivity index (χ0) is 18.9. The quantitative estimate of drug-likeness (QED) is 0.682. The molecule has 0 bridgehead atoms. The van der Waals surface area contributed by atoms with E-state index in [0.717, 1.165) is 26.1 Å². The Morgan fingerprint density at radius 1 is 1.15 bits per heavy atom. The van der Waals surface area contributed by atoms with Crippen molar-refractivity contribution >= 4 is 23.4 Å². The zero-order valence-corrected chi connectivity index (χ0v) is 16.5. The van der Waals surface area contributed by atoms with Gasteiger partial charge in [0.25, 0.3) is 5.91 Å². The van der Waals surface area contributed by atoms with E-state index >= 15 is 0 Å². The lowest BCUT2D eigenvalue weighted by molar-refractivity contribution is -0.123. The van der Waals surface area contributed by atoms with Crippen molar-refractivity contribution in [1.29, 1.82) is 0 Å². The molecule has 2 amide bonds. The Hall–Kier alpha value is -1.59. The standard InChI is InChI=1S/C20H30ClN3O2/c1-15(2)18(23-19(25)16-9-4-5-10-17(16)21)20(26)22-11-8-14-24-12-6-3-7-13-24/h4-5,9-10,15,18H,3,6-8,11-14H2,1-2H3,(H,22,26)(H,23,25). The highest BCUT2D eigenvalue weighted by molar-refractivity contribution is 6.33. The molecule has 1 aliphatic heterocycles. The van der Waals surface area contributed by atoms with Gasteiger partial charge >= 0.3 is 0 Å². The van der Waals surface area contributed by atoms with E-state index < -0.39 is 6.04 Å². The molecule has 1 unspecified atom stereocenters. The number of amides is 2. The summed E-state index contributed by atoms with van der Waals surface area (Å²) in [6, 6.07) is 6.28. The Balaban J connectivity index is 1.81. The molecule has 1 fully saturated rings. The van der Waals surface area contributed by atoms with Crippen molar-refractivity contribution in [3.05, 3.63) is 34.9 Å². The minimum Gasteiger partial charge on any atom is -0.354 e. The predicted octanol–water partition coefficient (Wildman–Crippen LogP) is 3.09. The van der Waals surface area contributed by atoms with Crippen molar-refractivity contribution in [2.45, 2.75) is 45.6 Å². The highest BCUT2D eigenvalue weighted by Crippen LogP contribution is 2.15. The lowest BCUT2D eigenvalue weighted by Gasteiger charge is -2.26. The van der Waals surface area contributed by atoms with E-state index in [-0.39, 0.29) is 17.7 Å². The number of nitrogens with one attached hydrogen (secondary N) is 2. The highest BCUT2D eigenvalue weighted by Gasteiger charge is 2.25. The predicted molar refractivity (Wildman–Crippen MR) is 105 cm³/mol. The third-order valence-electron chi connectivity index (χ3n) is 4.75. The van der Waals surface area contributed by atoms with Gasteiger partial charge in [-0.25, -0.2) is 0 Å². The first-order valence-corrected chi connectivity index (χ1v) is 9.92. The largest absolute Gasteiger partial charge is 0.354 e. The summed E-state index contributed by atoms with van der Waals surface area (Å²) in [4.78, 5) is 27.4. The molecule has 1 aliphatic rings. The second kappa shape index (κ2) is 10.5. The molecule has 2 N–H and O–H groups in total. The maximum atomic E-state index is 12.5. The molecule has 0 spiro atoms. The molecule has 1 aromatic rings. The third kappa shape index (κ3) is 6.29. The Labute approximate surface area is 161 Å². The third-order valence-corrected chi connectivity index (χ3v) is 5.08. The average Bonchev–Trinajstić information content (AvgIpc) is 2.64. The van der Waals surface area contributed by atoms with Crippen LogP contribution in [0, 0.1) is 5.92 Å². The summed E-state index contributed by atoms with van der Waals surface area (Å²) in [5, 5.41) is 6.16. The van der Waals surface area contributed by atoms with E-state index in [1.807, 2.05) is 13.8 Å². The summed E-state index contributed by atoms with van der Waals surface area (Å²) in [6.45, 7) is 7.81. The SMILES string of the molecule is CC(C)C(NC(=O)c1ccccc1Cl)C(=O)NCCCN1CCCCC1. The lowest BCUT2D eigenvalue weighted by atomic mass is 10.0. The van der Waals surface area contributed by atoms with Gasteiger partial charge in [-0.3, -0.25) is 9.59 Å². The van der Waals surface area contributed by atoms with Crippen LogP contribution in [-0.4, -0.2) is 48.9 Å². The molecule has 144 valence electrons. The first kappa shape index (κ1) is 20.7. The minimum atomic E-state index is -0.575. The first-order chi connectivity index (χ1) is 12.5. The van der Waals surface area contributed by atoms with Gasteiger partial charge < -0.3 is 15.5 Å². The fourth-order valence-corrected chi connectivity index (χ4v) is 3.43. The number of rotatable bonds is 8. The molecule has 1 atom stereocenters. The van der Waals surface area contributed by atoms with Gasteiger partial charge in [-0.05, 0) is 56.9 Å². The van der Waals surface area contributed by atoms with Gasteiger partial charge in [0.2, 0.25) is 5.91 Å². The average molecular weight is 380 g/mol. The number of hydrogen-bond acceptors (Lipinski definition) is 3. The van der Waals surface area contributed by atoms with Crippen LogP contribution in [0.4, 0.5) is 0 Å². The van der Waals surface area contributed by atoms with E-state index in [0.29, 0.717) is 17.1 Å². The summed E-state index contributed by atoms with van der Waals surface area (Å²) in [7, 11) is 0. The van der Waals surface area contributed by atoms with E-state index in [1.54, 1.807) is 24.3 Å². The topological polar surface area (TPSA) is 61.4 Å². The summed E-state index contributed by atoms with van der Waals surface area (Å²) in [6.07, 6.45) is 4.80. The summed E-state index contributed by atoms with van der Waals surface area (Å²) in [5.41, 5.74) is 0.387. The monoisotopic (exact) mass is 379 g/mol. The minimum absolute atomic E-state index is 0.0106. The van der Waals surface area contributed by atoms with Gasteiger partial charge in [0.05, 0.1) is 10.6 Å². The molecule has 0 saturated carbocycles. The van der Waals surface area contributed by atoms with Crippen molar-refractivity contribution in [3.8, 4) is 0 Å². The van der Waals surface area contributed by atoms with E-state index in [4.69, 9.17) is 11.6 Å². The second-order valence-corrected chi connectivity index (χ2v) is 7.63. The molecule has 1 heterocycles. The fraction of sp³-hybridized carbons (Fsp3) is 0.600. The van der Waals surface area contributed by atoms with E-state index in [1.165, 1.54) is 19.3 Å². The molecule has 5 nitrogen and oxygen atoms in total. The Kier molecular flexibility index (Phi) is 8.39. The van der Waals surface area contributed by atoms with Crippen molar-refractivity contribution in [2.24, 2.45) is 5.92 Å². The summed E-state index contributed by atoms with van der Waals surface area (Å²) in [5.74, 6) is -0.472. The van der Waals surface area contributed by atoms with Crippen LogP contribution in [0.1, 0.15) is 49.9 Å². The summed E-state index contributed by atoms with van der Waals surface area (Å²) >= 11 is 6.07. The molecule has 0 radical (unpaired) electrons. The van der Waals surface area contributed by atoms with Crippen LogP contribution in [0.5, 0.6) is 0 Å². The van der Waals surface area contributed by atoms with E-state index in [2.05, 4.69) is 15.5 Å². The van der Waals surface area contributed by atoms with Crippen molar-refractivity contribution in [3.63, 3.8) is 0 Å². The molecular formula is C20H30ClN3O2. The second-order valence-electron chi connectivity index (χ2n) is 7.22. The molecule has 0 aliphatic carbocycles. The summed E-state index contributed by atoms with van der Waals surface area (Å²) < 4.78 is 0. The number of nitrogens with zero attached hydrogens (tertiary/aromatic N) is 1. The van der Waals surface area contributed by atoms with Crippen LogP contribution in [0.3, 0.4) is 0 Å². The van der Waals surface area contributed by atoms with Crippen molar-refractivity contribution in [2.75, 3.05) is 26.2 Å². The number of piperidine rings is 1. The van der Waals surface area contributed by atoms with Gasteiger partial charge in [-0.15, -0.1) is 0 Å². The number of benzene rings is 1. The normalized spacial score (nSPS) is 16.3. The van der Waals surface area contributed by atoms with Crippen molar-refractivity contribution in [1.82, 2.24) is 15.5 Å². The van der Waals surface area contributed by atoms with Crippen molar-refractivity contribution < 1.29 is 9.59 Å². The molecule has 1 aromatic carbocycles. The molecule has 0 aromatic heterocycles. The Bertz CT molecular complexity index is 600. The van der Waals surface area contributed by atoms with Gasteiger partial charge in [-0.2, -0.15) is 0 Å². The number of carbonyl (C=O) groups is 2. The maximum absolute atomic E-state index is 12.5. The van der Waals surface area contributed by atoms with Gasteiger partial charge in [0.1, 0.15) is 6.04 Å². The zero-order valence-electron chi connectivity index (χ0n) is 15.8. The lowest BCUT2D eigenvalue weighted by Crippen LogP contribution is -2.50. The fourth-order valence-electron chi connectivity index (χ4n) is 3.21. The van der Waals surface area contributed by atoms with Crippen LogP contribution >= 0.6 is 11.6 Å². The molecule has 1 saturated heterocycles. The smallest absolute Gasteiger partial charge is 0.253 e. The van der Waals surface area contributed by atoms with Gasteiger partial charge in [0, 0.05) is 6.54 Å². The highest BCUT2D eigenvalue weighted by atomic mass is 35.5. The van der Waals surface area contributed by atoms with Crippen LogP contribution in [0.15, 0.2) is 24.3 Å². The van der Waals surface area contributed by atoms with Crippen LogP contribution in [-0.2, 0) is 4.79 Å². The van der Waals surface area contributed by atoms with Gasteiger partial charge in [-0.1, -0.05) is 44.0 Å². The number of likely N-dealkylation sites (tertiary alicyclic amines) is 1. The van der Waals surface area contributed by atoms with Gasteiger partial charge in [0.15, 0.2) is 0 Å². The van der Waals surface area contributed by atoms with Crippen LogP contribution in [0.2, 0.25) is 5.02 Å². The molecule has 26 heavy (non-hydrogen) atoms. The number of halogens is 1. The number of hydrogen-bond donors (Lipinski definition) is 2. The maximum Gasteiger partial charge on any atom is 0.253 e. The molecule has 6 heteroatoms. The van der Waals surface area contributed by atoms with E-state index in [9.17, 15) is 9.59 Å². The molecular weight excluding hydrogens is 350 g/mol. The Morgan fingerprint density at radius 3 is 2.50 bits per heavy atom. The number of carbonyl (C=O) groups excluding carboxylic acids is 2. The Morgan fingerprint density at radius 2 is 1.85 bits per heavy atom. The molecule has 2 rings (SSSR count). The van der Waals surface area contributed by atoms with Crippen LogP contribution < -0.4 is 10.6 Å². The van der Waals surface area contributed by atoms with Crippen LogP contribution in [0.25, 0.3) is 0 Å².